The van der Waals surface area contributed by atoms with Gasteiger partial charge in [0.05, 0.1) is 25.9 Å². The second kappa shape index (κ2) is 12.7. The Kier molecular flexibility index (Phi) is 9.40. The van der Waals surface area contributed by atoms with Crippen molar-refractivity contribution in [3.05, 3.63) is 35.7 Å². The van der Waals surface area contributed by atoms with E-state index in [1.54, 1.807) is 7.11 Å². The molecule has 4 rings (SSSR count). The molecule has 0 bridgehead atoms. The van der Waals surface area contributed by atoms with Gasteiger partial charge in [-0.15, -0.1) is 0 Å². The maximum absolute atomic E-state index is 11.7. The normalized spacial score (nSPS) is 23.8. The van der Waals surface area contributed by atoms with Gasteiger partial charge in [0.1, 0.15) is 12.4 Å². The number of methoxy groups -OCH3 is 1. The number of likely N-dealkylation sites (tertiary alicyclic amines) is 1. The molecule has 3 heterocycles. The van der Waals surface area contributed by atoms with E-state index in [4.69, 9.17) is 22.6 Å². The quantitative estimate of drug-likeness (QED) is 0.483. The van der Waals surface area contributed by atoms with Crippen molar-refractivity contribution < 1.29 is 36.7 Å². The van der Waals surface area contributed by atoms with Crippen molar-refractivity contribution in [2.24, 2.45) is 11.8 Å². The number of aromatic nitrogens is 2. The van der Waals surface area contributed by atoms with Gasteiger partial charge in [0.15, 0.2) is 11.5 Å². The number of carboxylic acid groups (broad SMARTS) is 1. The Labute approximate surface area is 225 Å². The van der Waals surface area contributed by atoms with E-state index >= 15 is 0 Å². The van der Waals surface area contributed by atoms with Gasteiger partial charge in [0, 0.05) is 31.3 Å². The van der Waals surface area contributed by atoms with Gasteiger partial charge in [-0.05, 0) is 43.4 Å². The molecule has 0 spiro atoms. The highest BCUT2D eigenvalue weighted by Gasteiger charge is 2.33. The van der Waals surface area contributed by atoms with Crippen LogP contribution in [-0.4, -0.2) is 69.3 Å². The summed E-state index contributed by atoms with van der Waals surface area (Å²) in [6, 6.07) is 5.54. The number of nitrogens with zero attached hydrogens (tertiary/aromatic N) is 3. The lowest BCUT2D eigenvalue weighted by Gasteiger charge is -2.38. The molecule has 2 fully saturated rings. The molecular weight excluding hydrogens is 514 g/mol. The van der Waals surface area contributed by atoms with E-state index in [0.29, 0.717) is 73.8 Å². The van der Waals surface area contributed by atoms with Crippen molar-refractivity contribution in [3.63, 3.8) is 0 Å². The third-order valence-electron chi connectivity index (χ3n) is 6.69. The third-order valence-corrected chi connectivity index (χ3v) is 7.34. The molecule has 2 aliphatic heterocycles. The molecule has 208 valence electrons. The Morgan fingerprint density at radius 2 is 1.95 bits per heavy atom. The van der Waals surface area contributed by atoms with E-state index in [-0.39, 0.29) is 18.1 Å². The Bertz CT molecular complexity index is 1140. The minimum atomic E-state index is -1.66. The van der Waals surface area contributed by atoms with Crippen molar-refractivity contribution in [1.29, 1.82) is 0 Å². The van der Waals surface area contributed by atoms with Crippen LogP contribution in [0.5, 0.6) is 23.3 Å². The largest absolute Gasteiger partial charge is 0.493 e. The minimum Gasteiger partial charge on any atom is -0.493 e. The van der Waals surface area contributed by atoms with Crippen LogP contribution in [0.25, 0.3) is 0 Å². The lowest BCUT2D eigenvalue weighted by atomic mass is 9.92. The standard InChI is InChI=1S/C26H35N3O8S/c1-16(2)9-20-12-21(7-8-29(20)26(30)31)36-24-17(3)25(28-15-27-24)37-22-6-5-18(11-23(22)33-4)10-19-13-34-38(32)35-14-19/h5-6,11,15-16,19-21H,7-10,12-14H2,1-4H3,(H,30,31)/t19?,20-,21-,38?/m0/s1. The summed E-state index contributed by atoms with van der Waals surface area (Å²) < 4.78 is 39.3. The van der Waals surface area contributed by atoms with E-state index in [1.165, 1.54) is 11.2 Å². The van der Waals surface area contributed by atoms with Gasteiger partial charge < -0.3 is 24.2 Å². The van der Waals surface area contributed by atoms with Crippen molar-refractivity contribution in [3.8, 4) is 23.3 Å². The van der Waals surface area contributed by atoms with E-state index in [1.807, 2.05) is 25.1 Å². The Balaban J connectivity index is 1.44. The third kappa shape index (κ3) is 7.12. The molecule has 1 amide bonds. The van der Waals surface area contributed by atoms with Crippen molar-refractivity contribution in [2.75, 3.05) is 26.9 Å². The molecule has 1 N–H and O–H groups in total. The average Bonchev–Trinajstić information content (AvgIpc) is 2.88. The summed E-state index contributed by atoms with van der Waals surface area (Å²) in [5.74, 6) is 2.26. The van der Waals surface area contributed by atoms with Gasteiger partial charge in [-0.2, -0.15) is 4.21 Å². The minimum absolute atomic E-state index is 0.0930. The molecule has 12 heteroatoms. The van der Waals surface area contributed by atoms with Crippen LogP contribution in [0.1, 0.15) is 44.2 Å². The number of piperidine rings is 1. The van der Waals surface area contributed by atoms with Crippen LogP contribution < -0.4 is 14.2 Å². The first-order valence-electron chi connectivity index (χ1n) is 12.7. The molecule has 2 aromatic rings. The van der Waals surface area contributed by atoms with Crippen LogP contribution in [0.3, 0.4) is 0 Å². The molecule has 2 atom stereocenters. The fourth-order valence-electron chi connectivity index (χ4n) is 4.80. The summed E-state index contributed by atoms with van der Waals surface area (Å²) in [6.45, 7) is 7.16. The maximum atomic E-state index is 11.7. The van der Waals surface area contributed by atoms with E-state index in [0.717, 1.165) is 12.0 Å². The average molecular weight is 550 g/mol. The van der Waals surface area contributed by atoms with Crippen LogP contribution in [-0.2, 0) is 26.1 Å². The molecule has 38 heavy (non-hydrogen) atoms. The number of hydrogen-bond acceptors (Lipinski definition) is 9. The van der Waals surface area contributed by atoms with Crippen molar-refractivity contribution >= 4 is 17.5 Å². The summed E-state index contributed by atoms with van der Waals surface area (Å²) in [6.07, 6.45) is 2.99. The zero-order chi connectivity index (χ0) is 27.2. The first-order chi connectivity index (χ1) is 18.2. The van der Waals surface area contributed by atoms with Crippen molar-refractivity contribution in [2.45, 2.75) is 58.6 Å². The fourth-order valence-corrected chi connectivity index (χ4v) is 5.48. The van der Waals surface area contributed by atoms with Gasteiger partial charge in [-0.25, -0.2) is 14.8 Å². The summed E-state index contributed by atoms with van der Waals surface area (Å²) >= 11 is -1.66. The Hall–Kier alpha value is -2.96. The molecular formula is C26H35N3O8S. The fraction of sp³-hybridized carbons (Fsp3) is 0.577. The lowest BCUT2D eigenvalue weighted by molar-refractivity contribution is 0.0450. The number of ether oxygens (including phenoxy) is 3. The second-order valence-electron chi connectivity index (χ2n) is 10.1. The number of rotatable bonds is 9. The van der Waals surface area contributed by atoms with Gasteiger partial charge in [-0.3, -0.25) is 8.37 Å². The van der Waals surface area contributed by atoms with Crippen LogP contribution >= 0.6 is 0 Å². The predicted octanol–water partition coefficient (Wildman–Crippen LogP) is 4.31. The maximum Gasteiger partial charge on any atom is 0.407 e. The number of benzene rings is 1. The lowest BCUT2D eigenvalue weighted by Crippen LogP contribution is -2.48. The molecule has 0 aliphatic carbocycles. The second-order valence-corrected chi connectivity index (χ2v) is 10.9. The molecule has 2 aliphatic rings. The summed E-state index contributed by atoms with van der Waals surface area (Å²) in [5.41, 5.74) is 1.65. The Morgan fingerprint density at radius 1 is 1.21 bits per heavy atom. The first kappa shape index (κ1) is 28.1. The summed E-state index contributed by atoms with van der Waals surface area (Å²) in [4.78, 5) is 21.8. The van der Waals surface area contributed by atoms with E-state index < -0.39 is 17.5 Å². The molecule has 2 saturated heterocycles. The van der Waals surface area contributed by atoms with Gasteiger partial charge in [0.25, 0.3) is 0 Å². The highest BCUT2D eigenvalue weighted by molar-refractivity contribution is 7.75. The summed E-state index contributed by atoms with van der Waals surface area (Å²) in [5, 5.41) is 9.59. The van der Waals surface area contributed by atoms with E-state index in [9.17, 15) is 14.1 Å². The highest BCUT2D eigenvalue weighted by atomic mass is 32.2. The monoisotopic (exact) mass is 549 g/mol. The molecule has 0 unspecified atom stereocenters. The van der Waals surface area contributed by atoms with Gasteiger partial charge >= 0.3 is 17.5 Å². The summed E-state index contributed by atoms with van der Waals surface area (Å²) in [7, 11) is 1.57. The molecule has 0 saturated carbocycles. The van der Waals surface area contributed by atoms with Gasteiger partial charge in [-0.1, -0.05) is 19.9 Å². The topological polar surface area (TPSA) is 130 Å². The van der Waals surface area contributed by atoms with Gasteiger partial charge in [0.2, 0.25) is 11.8 Å². The van der Waals surface area contributed by atoms with Crippen molar-refractivity contribution in [1.82, 2.24) is 14.9 Å². The SMILES string of the molecule is COc1cc(CC2COS(=O)OC2)ccc1Oc1ncnc(O[C@H]2CCN(C(=O)O)[C@@H](CC(C)C)C2)c1C. The van der Waals surface area contributed by atoms with E-state index in [2.05, 4.69) is 23.8 Å². The highest BCUT2D eigenvalue weighted by Crippen LogP contribution is 2.36. The smallest absolute Gasteiger partial charge is 0.407 e. The van der Waals surface area contributed by atoms with Crippen LogP contribution in [0, 0.1) is 18.8 Å². The molecule has 1 aromatic carbocycles. The zero-order valence-corrected chi connectivity index (χ0v) is 22.9. The number of hydrogen-bond donors (Lipinski definition) is 1. The van der Waals surface area contributed by atoms with Crippen LogP contribution in [0.2, 0.25) is 0 Å². The zero-order valence-electron chi connectivity index (χ0n) is 22.1. The predicted molar refractivity (Wildman–Crippen MR) is 139 cm³/mol. The van der Waals surface area contributed by atoms with Crippen LogP contribution in [0.4, 0.5) is 4.79 Å². The number of carbonyl (C=O) groups is 1. The molecule has 0 radical (unpaired) electrons. The first-order valence-corrected chi connectivity index (χ1v) is 13.7. The molecule has 1 aromatic heterocycles. The molecule has 11 nitrogen and oxygen atoms in total. The number of amides is 1. The Morgan fingerprint density at radius 3 is 2.63 bits per heavy atom. The van der Waals surface area contributed by atoms with Crippen LogP contribution in [0.15, 0.2) is 24.5 Å².